The molecule has 0 radical (unpaired) electrons. The molecule has 1 saturated heterocycles. The Kier molecular flexibility index (Phi) is 3.24. The van der Waals surface area contributed by atoms with E-state index in [1.54, 1.807) is 0 Å². The highest BCUT2D eigenvalue weighted by molar-refractivity contribution is 5.74. The fourth-order valence-corrected chi connectivity index (χ4v) is 2.55. The molecule has 1 aromatic carbocycles. The summed E-state index contributed by atoms with van der Waals surface area (Å²) in [5, 5.41) is 8.97. The average Bonchev–Trinajstić information content (AvgIpc) is 3.03. The molecule has 21 heavy (non-hydrogen) atoms. The third-order valence-corrected chi connectivity index (χ3v) is 3.84. The van der Waals surface area contributed by atoms with Gasteiger partial charge in [-0.15, -0.1) is 0 Å². The van der Waals surface area contributed by atoms with Crippen molar-refractivity contribution in [1.82, 2.24) is 4.98 Å². The number of oxazole rings is 1. The van der Waals surface area contributed by atoms with Gasteiger partial charge in [0, 0.05) is 0 Å². The summed E-state index contributed by atoms with van der Waals surface area (Å²) in [6.45, 7) is 6.44. The molecule has 2 aromatic rings. The van der Waals surface area contributed by atoms with E-state index in [4.69, 9.17) is 14.3 Å². The first-order chi connectivity index (χ1) is 9.84. The van der Waals surface area contributed by atoms with Crippen molar-refractivity contribution in [2.45, 2.75) is 51.2 Å². The molecular formula is C16H19NO4. The van der Waals surface area contributed by atoms with Crippen LogP contribution in [0.2, 0.25) is 0 Å². The fourth-order valence-electron chi connectivity index (χ4n) is 2.55. The van der Waals surface area contributed by atoms with Gasteiger partial charge in [-0.2, -0.15) is 0 Å². The third-order valence-electron chi connectivity index (χ3n) is 3.84. The minimum Gasteiger partial charge on any atom is -0.479 e. The highest BCUT2D eigenvalue weighted by atomic mass is 16.5. The van der Waals surface area contributed by atoms with Gasteiger partial charge in [0.15, 0.2) is 11.7 Å². The zero-order chi connectivity index (χ0) is 15.2. The maximum Gasteiger partial charge on any atom is 0.332 e. The molecule has 0 aliphatic carbocycles. The molecule has 1 aliphatic rings. The molecule has 0 saturated carbocycles. The summed E-state index contributed by atoms with van der Waals surface area (Å²) in [4.78, 5) is 15.4. The number of hydrogen-bond acceptors (Lipinski definition) is 4. The van der Waals surface area contributed by atoms with Crippen LogP contribution in [0.4, 0.5) is 0 Å². The number of rotatable bonds is 2. The van der Waals surface area contributed by atoms with Crippen LogP contribution in [0, 0.1) is 0 Å². The van der Waals surface area contributed by atoms with Crippen molar-refractivity contribution < 1.29 is 19.1 Å². The Morgan fingerprint density at radius 2 is 2.10 bits per heavy atom. The van der Waals surface area contributed by atoms with Crippen molar-refractivity contribution in [2.75, 3.05) is 0 Å². The lowest BCUT2D eigenvalue weighted by Crippen LogP contribution is -2.18. The molecule has 2 unspecified atom stereocenters. The standard InChI is InChI=1S/C16H19NO4/c1-16(2,3)9-4-5-11-10(8-9)17-14(21-11)12-6-7-13(20-12)15(18)19/h4-5,8,12-13H,6-7H2,1-3H3,(H,18,19). The molecule has 5 nitrogen and oxygen atoms in total. The van der Waals surface area contributed by atoms with Crippen molar-refractivity contribution in [3.63, 3.8) is 0 Å². The number of carbonyl (C=O) groups is 1. The maximum atomic E-state index is 10.9. The Morgan fingerprint density at radius 1 is 1.33 bits per heavy atom. The largest absolute Gasteiger partial charge is 0.479 e. The number of ether oxygens (including phenoxy) is 1. The summed E-state index contributed by atoms with van der Waals surface area (Å²) in [5.41, 5.74) is 2.73. The molecule has 5 heteroatoms. The van der Waals surface area contributed by atoms with Gasteiger partial charge in [0.2, 0.25) is 5.89 Å². The first-order valence-corrected chi connectivity index (χ1v) is 7.14. The second-order valence-electron chi connectivity index (χ2n) is 6.51. The van der Waals surface area contributed by atoms with Gasteiger partial charge >= 0.3 is 5.97 Å². The van der Waals surface area contributed by atoms with Crippen molar-refractivity contribution in [1.29, 1.82) is 0 Å². The highest BCUT2D eigenvalue weighted by Crippen LogP contribution is 2.34. The minimum absolute atomic E-state index is 0.0472. The molecule has 1 aliphatic heterocycles. The summed E-state index contributed by atoms with van der Waals surface area (Å²) in [5.74, 6) is -0.455. The highest BCUT2D eigenvalue weighted by Gasteiger charge is 2.34. The van der Waals surface area contributed by atoms with Gasteiger partial charge in [-0.05, 0) is 36.0 Å². The van der Waals surface area contributed by atoms with E-state index in [9.17, 15) is 4.79 Å². The van der Waals surface area contributed by atoms with Crippen LogP contribution >= 0.6 is 0 Å². The summed E-state index contributed by atoms with van der Waals surface area (Å²) < 4.78 is 11.2. The van der Waals surface area contributed by atoms with Crippen LogP contribution in [0.15, 0.2) is 22.6 Å². The van der Waals surface area contributed by atoms with E-state index in [0.29, 0.717) is 24.3 Å². The maximum absolute atomic E-state index is 10.9. The van der Waals surface area contributed by atoms with Crippen LogP contribution in [-0.4, -0.2) is 22.2 Å². The quantitative estimate of drug-likeness (QED) is 0.917. The van der Waals surface area contributed by atoms with Crippen molar-refractivity contribution in [2.24, 2.45) is 0 Å². The molecule has 2 heterocycles. The molecule has 112 valence electrons. The third kappa shape index (κ3) is 2.65. The first kappa shape index (κ1) is 14.1. The molecule has 1 aromatic heterocycles. The molecular weight excluding hydrogens is 270 g/mol. The summed E-state index contributed by atoms with van der Waals surface area (Å²) >= 11 is 0. The van der Waals surface area contributed by atoms with Crippen molar-refractivity contribution >= 4 is 17.1 Å². The predicted molar refractivity (Wildman–Crippen MR) is 77.2 cm³/mol. The van der Waals surface area contributed by atoms with Crippen LogP contribution < -0.4 is 0 Å². The lowest BCUT2D eigenvalue weighted by molar-refractivity contribution is -0.149. The van der Waals surface area contributed by atoms with Gasteiger partial charge in [-0.25, -0.2) is 9.78 Å². The monoisotopic (exact) mass is 289 g/mol. The topological polar surface area (TPSA) is 72.6 Å². The number of aromatic nitrogens is 1. The Hall–Kier alpha value is -1.88. The number of carboxylic acids is 1. The van der Waals surface area contributed by atoms with Gasteiger partial charge in [0.25, 0.3) is 0 Å². The minimum atomic E-state index is -0.927. The number of hydrogen-bond donors (Lipinski definition) is 1. The number of nitrogens with zero attached hydrogens (tertiary/aromatic N) is 1. The zero-order valence-electron chi connectivity index (χ0n) is 12.4. The first-order valence-electron chi connectivity index (χ1n) is 7.14. The van der Waals surface area contributed by atoms with Gasteiger partial charge in [0.1, 0.15) is 11.6 Å². The number of aliphatic carboxylic acids is 1. The zero-order valence-corrected chi connectivity index (χ0v) is 12.4. The SMILES string of the molecule is CC(C)(C)c1ccc2oc(C3CCC(C(=O)O)O3)nc2c1. The Bertz CT molecular complexity index is 683. The summed E-state index contributed by atoms with van der Waals surface area (Å²) in [6, 6.07) is 5.97. The van der Waals surface area contributed by atoms with Crippen LogP contribution in [0.1, 0.15) is 51.2 Å². The summed E-state index contributed by atoms with van der Waals surface area (Å²) in [7, 11) is 0. The van der Waals surface area contributed by atoms with E-state index < -0.39 is 12.1 Å². The van der Waals surface area contributed by atoms with Gasteiger partial charge in [-0.3, -0.25) is 0 Å². The van der Waals surface area contributed by atoms with E-state index in [1.165, 1.54) is 5.56 Å². The molecule has 0 spiro atoms. The van der Waals surface area contributed by atoms with Gasteiger partial charge in [0.05, 0.1) is 0 Å². The van der Waals surface area contributed by atoms with E-state index in [-0.39, 0.29) is 11.5 Å². The van der Waals surface area contributed by atoms with E-state index in [0.717, 1.165) is 5.52 Å². The molecule has 0 amide bonds. The normalized spacial score (nSPS) is 22.8. The van der Waals surface area contributed by atoms with Crippen LogP contribution in [-0.2, 0) is 14.9 Å². The number of benzene rings is 1. The Morgan fingerprint density at radius 3 is 2.71 bits per heavy atom. The second-order valence-corrected chi connectivity index (χ2v) is 6.51. The Labute approximate surface area is 122 Å². The van der Waals surface area contributed by atoms with Crippen LogP contribution in [0.25, 0.3) is 11.1 Å². The fraction of sp³-hybridized carbons (Fsp3) is 0.500. The smallest absolute Gasteiger partial charge is 0.332 e. The van der Waals surface area contributed by atoms with E-state index in [1.807, 2.05) is 18.2 Å². The van der Waals surface area contributed by atoms with E-state index >= 15 is 0 Å². The molecule has 0 bridgehead atoms. The van der Waals surface area contributed by atoms with E-state index in [2.05, 4.69) is 25.8 Å². The van der Waals surface area contributed by atoms with Gasteiger partial charge in [-0.1, -0.05) is 26.8 Å². The van der Waals surface area contributed by atoms with Gasteiger partial charge < -0.3 is 14.3 Å². The number of fused-ring (bicyclic) bond motifs is 1. The molecule has 2 atom stereocenters. The molecule has 3 rings (SSSR count). The van der Waals surface area contributed by atoms with Crippen molar-refractivity contribution in [3.05, 3.63) is 29.7 Å². The van der Waals surface area contributed by atoms with Crippen LogP contribution in [0.3, 0.4) is 0 Å². The molecule has 1 N–H and O–H groups in total. The predicted octanol–water partition coefficient (Wildman–Crippen LogP) is 3.43. The van der Waals surface area contributed by atoms with Crippen LogP contribution in [0.5, 0.6) is 0 Å². The Balaban J connectivity index is 1.90. The number of carboxylic acid groups (broad SMARTS) is 1. The summed E-state index contributed by atoms with van der Waals surface area (Å²) in [6.07, 6.45) is -0.00578. The molecule has 1 fully saturated rings. The lowest BCUT2D eigenvalue weighted by Gasteiger charge is -2.18. The second kappa shape index (κ2) is 4.84. The average molecular weight is 289 g/mol. The lowest BCUT2D eigenvalue weighted by atomic mass is 9.87. The van der Waals surface area contributed by atoms with Crippen molar-refractivity contribution in [3.8, 4) is 0 Å².